The van der Waals surface area contributed by atoms with Crippen molar-refractivity contribution in [2.24, 2.45) is 11.8 Å². The number of allylic oxidation sites excluding steroid dienone is 1. The van der Waals surface area contributed by atoms with Gasteiger partial charge in [-0.15, -0.1) is 0 Å². The van der Waals surface area contributed by atoms with Gasteiger partial charge in [-0.1, -0.05) is 30.4 Å². The molecular formula is C19H18O2. The molecule has 0 radical (unpaired) electrons. The van der Waals surface area contributed by atoms with E-state index in [0.29, 0.717) is 5.92 Å². The lowest BCUT2D eigenvalue weighted by Gasteiger charge is -2.36. The first kappa shape index (κ1) is 11.8. The van der Waals surface area contributed by atoms with Crippen molar-refractivity contribution in [3.05, 3.63) is 53.6 Å². The van der Waals surface area contributed by atoms with Crippen LogP contribution in [0.25, 0.3) is 10.8 Å². The third-order valence-electron chi connectivity index (χ3n) is 6.11. The smallest absolute Gasteiger partial charge is 0.116 e. The molecule has 2 fully saturated rings. The lowest BCUT2D eigenvalue weighted by atomic mass is 9.69. The SMILES string of the molecule is C=C1C[C@@H]2C[C@@]23c2ccc4cc(O)ccc4c2[C@H](O)CC13. The van der Waals surface area contributed by atoms with Crippen molar-refractivity contribution in [1.82, 2.24) is 0 Å². The van der Waals surface area contributed by atoms with E-state index in [1.807, 2.05) is 6.07 Å². The molecule has 0 amide bonds. The number of fused-ring (bicyclic) bond motifs is 3. The first-order valence-corrected chi connectivity index (χ1v) is 7.73. The summed E-state index contributed by atoms with van der Waals surface area (Å²) in [4.78, 5) is 0. The number of hydrogen-bond donors (Lipinski definition) is 2. The molecule has 0 aliphatic heterocycles. The fourth-order valence-electron chi connectivity index (χ4n) is 5.19. The van der Waals surface area contributed by atoms with E-state index in [4.69, 9.17) is 0 Å². The molecule has 2 aromatic rings. The molecule has 3 aliphatic rings. The summed E-state index contributed by atoms with van der Waals surface area (Å²) in [5.41, 5.74) is 4.04. The van der Waals surface area contributed by atoms with Crippen LogP contribution in [0, 0.1) is 11.8 Å². The summed E-state index contributed by atoms with van der Waals surface area (Å²) in [5.74, 6) is 1.47. The van der Waals surface area contributed by atoms with Crippen LogP contribution in [-0.2, 0) is 5.41 Å². The Labute approximate surface area is 123 Å². The standard InChI is InChI=1S/C19H18O2/c1-10-6-12-9-19(12)15-5-2-11-7-13(20)3-4-14(11)18(15)17(21)8-16(10)19/h2-5,7,12,16-17,20-21H,1,6,8-9H2/t12-,16?,17-,19+/m1/s1. The van der Waals surface area contributed by atoms with E-state index >= 15 is 0 Å². The van der Waals surface area contributed by atoms with E-state index in [9.17, 15) is 10.2 Å². The highest BCUT2D eigenvalue weighted by Crippen LogP contribution is 2.73. The third-order valence-corrected chi connectivity index (χ3v) is 6.11. The predicted molar refractivity (Wildman–Crippen MR) is 82.2 cm³/mol. The molecule has 5 rings (SSSR count). The minimum Gasteiger partial charge on any atom is -0.508 e. The number of aromatic hydroxyl groups is 1. The van der Waals surface area contributed by atoms with Gasteiger partial charge in [-0.05, 0) is 65.1 Å². The lowest BCUT2D eigenvalue weighted by molar-refractivity contribution is 0.130. The van der Waals surface area contributed by atoms with Crippen molar-refractivity contribution in [2.75, 3.05) is 0 Å². The van der Waals surface area contributed by atoms with Crippen LogP contribution in [-0.4, -0.2) is 10.2 Å². The summed E-state index contributed by atoms with van der Waals surface area (Å²) in [6.07, 6.45) is 2.77. The van der Waals surface area contributed by atoms with Gasteiger partial charge < -0.3 is 10.2 Å². The van der Waals surface area contributed by atoms with Gasteiger partial charge in [0.1, 0.15) is 5.75 Å². The molecule has 1 unspecified atom stereocenters. The van der Waals surface area contributed by atoms with Gasteiger partial charge in [-0.25, -0.2) is 0 Å². The molecule has 2 saturated carbocycles. The monoisotopic (exact) mass is 278 g/mol. The minimum atomic E-state index is -0.417. The molecule has 0 heterocycles. The summed E-state index contributed by atoms with van der Waals surface area (Å²) in [5, 5.41) is 22.5. The summed E-state index contributed by atoms with van der Waals surface area (Å²) in [6.45, 7) is 4.25. The van der Waals surface area contributed by atoms with Gasteiger partial charge in [-0.3, -0.25) is 0 Å². The number of phenolic OH excluding ortho intramolecular Hbond substituents is 1. The topological polar surface area (TPSA) is 40.5 Å². The quantitative estimate of drug-likeness (QED) is 0.719. The number of phenols is 1. The molecule has 0 aromatic heterocycles. The number of rotatable bonds is 0. The van der Waals surface area contributed by atoms with Crippen LogP contribution in [0.5, 0.6) is 5.75 Å². The Morgan fingerprint density at radius 1 is 1.19 bits per heavy atom. The molecule has 0 bridgehead atoms. The Hall–Kier alpha value is -1.80. The third kappa shape index (κ3) is 1.28. The van der Waals surface area contributed by atoms with Crippen LogP contribution in [0.2, 0.25) is 0 Å². The fraction of sp³-hybridized carbons (Fsp3) is 0.368. The molecule has 1 spiro atoms. The molecule has 21 heavy (non-hydrogen) atoms. The van der Waals surface area contributed by atoms with Gasteiger partial charge >= 0.3 is 0 Å². The number of hydrogen-bond acceptors (Lipinski definition) is 2. The molecule has 3 aliphatic carbocycles. The van der Waals surface area contributed by atoms with E-state index in [2.05, 4.69) is 18.7 Å². The summed E-state index contributed by atoms with van der Waals surface area (Å²) < 4.78 is 0. The predicted octanol–water partition coefficient (Wildman–Crippen LogP) is 3.82. The summed E-state index contributed by atoms with van der Waals surface area (Å²) in [7, 11) is 0. The second-order valence-electron chi connectivity index (χ2n) is 7.04. The van der Waals surface area contributed by atoms with E-state index in [-0.39, 0.29) is 11.2 Å². The number of aliphatic hydroxyl groups is 1. The fourth-order valence-corrected chi connectivity index (χ4v) is 5.19. The first-order chi connectivity index (χ1) is 10.1. The van der Waals surface area contributed by atoms with Crippen LogP contribution in [0.4, 0.5) is 0 Å². The van der Waals surface area contributed by atoms with E-state index in [1.165, 1.54) is 17.6 Å². The first-order valence-electron chi connectivity index (χ1n) is 7.73. The Balaban J connectivity index is 1.82. The van der Waals surface area contributed by atoms with E-state index in [0.717, 1.165) is 35.1 Å². The van der Waals surface area contributed by atoms with Crippen LogP contribution in [0.15, 0.2) is 42.5 Å². The van der Waals surface area contributed by atoms with Gasteiger partial charge in [0.15, 0.2) is 0 Å². The minimum absolute atomic E-state index is 0.262. The van der Waals surface area contributed by atoms with Crippen LogP contribution in [0.1, 0.15) is 36.5 Å². The number of benzene rings is 2. The zero-order chi connectivity index (χ0) is 14.4. The zero-order valence-corrected chi connectivity index (χ0v) is 11.8. The van der Waals surface area contributed by atoms with Gasteiger partial charge in [0, 0.05) is 5.41 Å². The average molecular weight is 278 g/mol. The normalized spacial score (nSPS) is 36.2. The van der Waals surface area contributed by atoms with Gasteiger partial charge in [0.2, 0.25) is 0 Å². The number of aliphatic hydroxyl groups excluding tert-OH is 1. The molecule has 4 atom stereocenters. The molecule has 2 aromatic carbocycles. The molecule has 2 nitrogen and oxygen atoms in total. The highest BCUT2D eigenvalue weighted by atomic mass is 16.3. The summed E-state index contributed by atoms with van der Waals surface area (Å²) >= 11 is 0. The van der Waals surface area contributed by atoms with Crippen LogP contribution >= 0.6 is 0 Å². The maximum absolute atomic E-state index is 10.7. The zero-order valence-electron chi connectivity index (χ0n) is 11.8. The molecular weight excluding hydrogens is 260 g/mol. The lowest BCUT2D eigenvalue weighted by Crippen LogP contribution is -2.29. The second kappa shape index (κ2) is 3.50. The Kier molecular flexibility index (Phi) is 1.97. The maximum Gasteiger partial charge on any atom is 0.116 e. The summed E-state index contributed by atoms with van der Waals surface area (Å²) in [6, 6.07) is 9.73. The molecule has 0 saturated heterocycles. The van der Waals surface area contributed by atoms with Gasteiger partial charge in [-0.2, -0.15) is 0 Å². The second-order valence-corrected chi connectivity index (χ2v) is 7.04. The van der Waals surface area contributed by atoms with Crippen molar-refractivity contribution < 1.29 is 10.2 Å². The Bertz CT molecular complexity index is 807. The van der Waals surface area contributed by atoms with Gasteiger partial charge in [0.25, 0.3) is 0 Å². The van der Waals surface area contributed by atoms with Crippen molar-refractivity contribution in [3.8, 4) is 5.75 Å². The van der Waals surface area contributed by atoms with Gasteiger partial charge in [0.05, 0.1) is 6.10 Å². The van der Waals surface area contributed by atoms with Crippen molar-refractivity contribution >= 4 is 10.8 Å². The highest BCUT2D eigenvalue weighted by molar-refractivity contribution is 5.89. The highest BCUT2D eigenvalue weighted by Gasteiger charge is 2.67. The molecule has 2 N–H and O–H groups in total. The van der Waals surface area contributed by atoms with Crippen molar-refractivity contribution in [1.29, 1.82) is 0 Å². The largest absolute Gasteiger partial charge is 0.508 e. The van der Waals surface area contributed by atoms with E-state index < -0.39 is 6.10 Å². The maximum atomic E-state index is 10.7. The average Bonchev–Trinajstić information content (AvgIpc) is 3.08. The van der Waals surface area contributed by atoms with Crippen LogP contribution < -0.4 is 0 Å². The van der Waals surface area contributed by atoms with Crippen molar-refractivity contribution in [2.45, 2.75) is 30.8 Å². The van der Waals surface area contributed by atoms with Crippen LogP contribution in [0.3, 0.4) is 0 Å². The molecule has 106 valence electrons. The Morgan fingerprint density at radius 3 is 2.90 bits per heavy atom. The van der Waals surface area contributed by atoms with E-state index in [1.54, 1.807) is 12.1 Å². The van der Waals surface area contributed by atoms with Crippen molar-refractivity contribution in [3.63, 3.8) is 0 Å². The Morgan fingerprint density at radius 2 is 2.05 bits per heavy atom. The molecule has 2 heteroatoms.